The molecule has 1 aliphatic heterocycles. The highest BCUT2D eigenvalue weighted by molar-refractivity contribution is 8.01. The Hall–Kier alpha value is -1.42. The molecule has 6 nitrogen and oxygen atoms in total. The molecule has 0 bridgehead atoms. The lowest BCUT2D eigenvalue weighted by atomic mass is 9.87. The Balaban J connectivity index is 1.38. The number of hydrogen-bond acceptors (Lipinski definition) is 7. The molecule has 1 N–H and O–H groups in total. The van der Waals surface area contributed by atoms with Gasteiger partial charge in [-0.2, -0.15) is 0 Å². The van der Waals surface area contributed by atoms with Crippen LogP contribution in [-0.2, 0) is 14.6 Å². The molecule has 1 saturated heterocycles. The Labute approximate surface area is 211 Å². The van der Waals surface area contributed by atoms with Gasteiger partial charge < -0.3 is 10.2 Å². The summed E-state index contributed by atoms with van der Waals surface area (Å²) in [5.74, 6) is 1.20. The van der Waals surface area contributed by atoms with Gasteiger partial charge in [0, 0.05) is 18.6 Å². The first-order valence-electron chi connectivity index (χ1n) is 12.3. The Morgan fingerprint density at radius 1 is 1.15 bits per heavy atom. The number of benzene rings is 1. The number of amides is 1. The smallest absolute Gasteiger partial charge is 0.233 e. The summed E-state index contributed by atoms with van der Waals surface area (Å²) in [6.07, 6.45) is 12.6. The molecule has 0 spiro atoms. The maximum atomic E-state index is 13.3. The fourth-order valence-electron chi connectivity index (χ4n) is 4.96. The predicted molar refractivity (Wildman–Crippen MR) is 141 cm³/mol. The molecular weight excluding hydrogens is 486 g/mol. The lowest BCUT2D eigenvalue weighted by molar-refractivity contribution is -0.118. The summed E-state index contributed by atoms with van der Waals surface area (Å²) in [6.45, 7) is 3.51. The predicted octanol–water partition coefficient (Wildman–Crippen LogP) is 5.43. The number of anilines is 1. The highest BCUT2D eigenvalue weighted by atomic mass is 32.2. The molecule has 1 aliphatic carbocycles. The monoisotopic (exact) mass is 521 g/mol. The van der Waals surface area contributed by atoms with Crippen molar-refractivity contribution in [2.75, 3.05) is 37.0 Å². The van der Waals surface area contributed by atoms with Crippen molar-refractivity contribution in [1.29, 1.82) is 0 Å². The minimum atomic E-state index is -3.26. The number of nitrogens with one attached hydrogen (secondary N) is 1. The van der Waals surface area contributed by atoms with E-state index in [9.17, 15) is 13.2 Å². The lowest BCUT2D eigenvalue weighted by Gasteiger charge is -2.25. The minimum Gasteiger partial charge on any atom is -0.303 e. The highest BCUT2D eigenvalue weighted by Crippen LogP contribution is 2.36. The summed E-state index contributed by atoms with van der Waals surface area (Å²) in [7, 11) is -3.26. The third-order valence-electron chi connectivity index (χ3n) is 6.89. The molecule has 186 valence electrons. The third-order valence-corrected chi connectivity index (χ3v) is 10.1. The van der Waals surface area contributed by atoms with Crippen molar-refractivity contribution in [3.8, 4) is 0 Å². The van der Waals surface area contributed by atoms with Crippen LogP contribution in [0.2, 0.25) is 0 Å². The number of thioether (sulfide) groups is 1. The molecule has 4 rings (SSSR count). The van der Waals surface area contributed by atoms with Crippen LogP contribution in [0.3, 0.4) is 0 Å². The second kappa shape index (κ2) is 12.0. The summed E-state index contributed by atoms with van der Waals surface area (Å²) >= 11 is 3.33. The van der Waals surface area contributed by atoms with Crippen LogP contribution in [0.15, 0.2) is 39.6 Å². The van der Waals surface area contributed by atoms with E-state index < -0.39 is 9.84 Å². The van der Waals surface area contributed by atoms with Crippen LogP contribution < -0.4 is 5.32 Å². The molecule has 0 radical (unpaired) electrons. The Kier molecular flexibility index (Phi) is 9.07. The number of carbonyl (C=O) groups excluding carboxylic acids is 1. The van der Waals surface area contributed by atoms with Crippen molar-refractivity contribution in [3.63, 3.8) is 0 Å². The molecule has 1 aromatic carbocycles. The molecule has 1 atom stereocenters. The maximum absolute atomic E-state index is 13.3. The normalized spacial score (nSPS) is 18.7. The summed E-state index contributed by atoms with van der Waals surface area (Å²) < 4.78 is 24.8. The average Bonchev–Trinajstić information content (AvgIpc) is 3.50. The van der Waals surface area contributed by atoms with Gasteiger partial charge in [0.1, 0.15) is 0 Å². The van der Waals surface area contributed by atoms with Gasteiger partial charge in [-0.3, -0.25) is 4.79 Å². The van der Waals surface area contributed by atoms with Gasteiger partial charge in [0.2, 0.25) is 5.91 Å². The van der Waals surface area contributed by atoms with Gasteiger partial charge in [-0.05, 0) is 56.0 Å². The van der Waals surface area contributed by atoms with E-state index in [-0.39, 0.29) is 16.7 Å². The van der Waals surface area contributed by atoms with Crippen LogP contribution in [0, 0.1) is 5.92 Å². The largest absolute Gasteiger partial charge is 0.303 e. The zero-order valence-electron chi connectivity index (χ0n) is 19.9. The zero-order chi connectivity index (χ0) is 24.0. The van der Waals surface area contributed by atoms with Crippen molar-refractivity contribution in [2.24, 2.45) is 5.92 Å². The van der Waals surface area contributed by atoms with E-state index in [1.165, 1.54) is 62.8 Å². The Morgan fingerprint density at radius 3 is 2.53 bits per heavy atom. The third kappa shape index (κ3) is 7.29. The van der Waals surface area contributed by atoms with E-state index in [0.717, 1.165) is 41.3 Å². The zero-order valence-corrected chi connectivity index (χ0v) is 22.3. The number of piperidine rings is 1. The van der Waals surface area contributed by atoms with Gasteiger partial charge in [-0.1, -0.05) is 55.6 Å². The fraction of sp³-hybridized carbons (Fsp3) is 0.600. The van der Waals surface area contributed by atoms with E-state index in [1.54, 1.807) is 36.0 Å². The molecule has 2 aliphatic rings. The number of nitrogens with zero attached hydrogens (tertiary/aromatic N) is 2. The van der Waals surface area contributed by atoms with Gasteiger partial charge >= 0.3 is 0 Å². The van der Waals surface area contributed by atoms with E-state index in [2.05, 4.69) is 15.2 Å². The molecular formula is C25H35N3O3S3. The van der Waals surface area contributed by atoms with E-state index in [4.69, 9.17) is 0 Å². The van der Waals surface area contributed by atoms with Gasteiger partial charge in [0.15, 0.2) is 15.0 Å². The number of hydrogen-bond donors (Lipinski definition) is 1. The first-order chi connectivity index (χ1) is 16.4. The quantitative estimate of drug-likeness (QED) is 0.420. The topological polar surface area (TPSA) is 79.4 Å². The summed E-state index contributed by atoms with van der Waals surface area (Å²) in [6, 6.07) is 6.80. The Bertz CT molecular complexity index is 1040. The molecule has 1 aromatic heterocycles. The number of sulfone groups is 1. The number of aromatic nitrogens is 1. The van der Waals surface area contributed by atoms with Crippen molar-refractivity contribution >= 4 is 44.0 Å². The molecule has 2 fully saturated rings. The summed E-state index contributed by atoms with van der Waals surface area (Å²) in [5.41, 5.74) is 0.865. The van der Waals surface area contributed by atoms with Crippen molar-refractivity contribution in [2.45, 2.75) is 66.4 Å². The van der Waals surface area contributed by atoms with Crippen LogP contribution in [0.4, 0.5) is 5.13 Å². The second-order valence-electron chi connectivity index (χ2n) is 9.50. The minimum absolute atomic E-state index is 0.0572. The number of likely N-dealkylation sites (tertiary alicyclic amines) is 1. The first-order valence-corrected chi connectivity index (χ1v) is 16.0. The van der Waals surface area contributed by atoms with Crippen LogP contribution in [0.25, 0.3) is 0 Å². The number of carbonyl (C=O) groups is 1. The van der Waals surface area contributed by atoms with E-state index in [0.29, 0.717) is 11.0 Å². The molecule has 9 heteroatoms. The van der Waals surface area contributed by atoms with Gasteiger partial charge in [-0.15, -0.1) is 11.8 Å². The van der Waals surface area contributed by atoms with Crippen molar-refractivity contribution in [1.82, 2.24) is 9.88 Å². The van der Waals surface area contributed by atoms with Crippen molar-refractivity contribution < 1.29 is 13.2 Å². The SMILES string of the molecule is CS(=O)(=O)c1ccc([C@@H](CC2CCCC2)C(=O)Nc2ncc(SCCN3CCCCC3)s2)cc1. The highest BCUT2D eigenvalue weighted by Gasteiger charge is 2.27. The number of rotatable bonds is 10. The summed E-state index contributed by atoms with van der Waals surface area (Å²) in [4.78, 5) is 20.6. The van der Waals surface area contributed by atoms with E-state index >= 15 is 0 Å². The maximum Gasteiger partial charge on any atom is 0.233 e. The molecule has 2 heterocycles. The standard InChI is InChI=1S/C25H35N3O3S3/c1-34(30,31)21-11-9-20(10-12-21)22(17-19-7-3-4-8-19)24(29)27-25-26-18-23(33-25)32-16-15-28-13-5-2-6-14-28/h9-12,18-19,22H,2-8,13-17H2,1H3,(H,26,27,29)/t22-/m1/s1. The number of thiazole rings is 1. The van der Waals surface area contributed by atoms with Crippen LogP contribution in [-0.4, -0.2) is 55.9 Å². The Morgan fingerprint density at radius 2 is 1.85 bits per heavy atom. The summed E-state index contributed by atoms with van der Waals surface area (Å²) in [5, 5.41) is 3.68. The van der Waals surface area contributed by atoms with Gasteiger partial charge in [0.25, 0.3) is 0 Å². The molecule has 1 saturated carbocycles. The van der Waals surface area contributed by atoms with E-state index in [1.807, 2.05) is 6.20 Å². The van der Waals surface area contributed by atoms with Crippen molar-refractivity contribution in [3.05, 3.63) is 36.0 Å². The van der Waals surface area contributed by atoms with Crippen LogP contribution >= 0.6 is 23.1 Å². The van der Waals surface area contributed by atoms with Gasteiger partial charge in [-0.25, -0.2) is 13.4 Å². The molecule has 1 amide bonds. The molecule has 0 unspecified atom stereocenters. The second-order valence-corrected chi connectivity index (χ2v) is 13.9. The molecule has 2 aromatic rings. The van der Waals surface area contributed by atoms with Gasteiger partial charge in [0.05, 0.1) is 21.2 Å². The van der Waals surface area contributed by atoms with Crippen LogP contribution in [0.1, 0.15) is 62.8 Å². The molecule has 34 heavy (non-hydrogen) atoms. The van der Waals surface area contributed by atoms with Crippen LogP contribution in [0.5, 0.6) is 0 Å². The fourth-order valence-corrected chi connectivity index (χ4v) is 7.54. The first kappa shape index (κ1) is 25.7. The lowest BCUT2D eigenvalue weighted by Crippen LogP contribution is -2.31. The average molecular weight is 522 g/mol.